The predicted octanol–water partition coefficient (Wildman–Crippen LogP) is 4.44. The molecule has 12 heavy (non-hydrogen) atoms. The molecule has 0 aliphatic carbocycles. The average molecular weight is 202 g/mol. The minimum Gasteiger partial charge on any atom is -0.205 e. The maximum absolute atomic E-state index is 13.0. The molecule has 2 aromatic heterocycles. The van der Waals surface area contributed by atoms with Crippen LogP contribution in [0.5, 0.6) is 0 Å². The molecule has 0 aliphatic rings. The van der Waals surface area contributed by atoms with Crippen LogP contribution in [0.1, 0.15) is 18.7 Å². The summed E-state index contributed by atoms with van der Waals surface area (Å²) in [6.07, 6.45) is 0. The second-order valence-electron chi connectivity index (χ2n) is 2.09. The van der Waals surface area contributed by atoms with Crippen molar-refractivity contribution >= 4 is 32.1 Å². The summed E-state index contributed by atoms with van der Waals surface area (Å²) in [4.78, 5) is 0.793. The van der Waals surface area contributed by atoms with Gasteiger partial charge < -0.3 is 0 Å². The van der Waals surface area contributed by atoms with Crippen LogP contribution in [-0.4, -0.2) is 0 Å². The maximum atomic E-state index is 13.0. The largest absolute Gasteiger partial charge is 0.205 e. The molecular weight excluding hydrogens is 191 g/mol. The summed E-state index contributed by atoms with van der Waals surface area (Å²) in [5.41, 5.74) is 0. The zero-order valence-electron chi connectivity index (χ0n) is 7.35. The van der Waals surface area contributed by atoms with Crippen molar-refractivity contribution in [3.8, 4) is 0 Å². The van der Waals surface area contributed by atoms with E-state index in [1.807, 2.05) is 32.2 Å². The number of fused-ring (bicyclic) bond motifs is 1. The Kier molecular flexibility index (Phi) is 3.23. The number of hydrogen-bond donors (Lipinski definition) is 0. The molecule has 0 atom stereocenters. The van der Waals surface area contributed by atoms with E-state index in [1.54, 1.807) is 11.3 Å². The summed E-state index contributed by atoms with van der Waals surface area (Å²) < 4.78 is 14.1. The fourth-order valence-corrected chi connectivity index (χ4v) is 3.00. The van der Waals surface area contributed by atoms with Crippen molar-refractivity contribution in [3.63, 3.8) is 0 Å². The quantitative estimate of drug-likeness (QED) is 0.592. The molecule has 0 fully saturated rings. The van der Waals surface area contributed by atoms with Crippen LogP contribution in [-0.2, 0) is 0 Å². The molecule has 2 heterocycles. The Hall–Kier alpha value is -0.410. The minimum atomic E-state index is -0.0405. The summed E-state index contributed by atoms with van der Waals surface area (Å²) in [6.45, 7) is 5.81. The van der Waals surface area contributed by atoms with Crippen LogP contribution in [0.4, 0.5) is 4.39 Å². The van der Waals surface area contributed by atoms with E-state index in [0.717, 1.165) is 14.3 Å². The molecule has 0 N–H and O–H groups in total. The van der Waals surface area contributed by atoms with E-state index in [0.29, 0.717) is 0 Å². The Morgan fingerprint density at radius 1 is 1.33 bits per heavy atom. The summed E-state index contributed by atoms with van der Waals surface area (Å²) in [6, 6.07) is 1.83. The van der Waals surface area contributed by atoms with Crippen molar-refractivity contribution in [1.82, 2.24) is 0 Å². The minimum absolute atomic E-state index is 0.0405. The van der Waals surface area contributed by atoms with Gasteiger partial charge in [-0.15, -0.1) is 22.7 Å². The molecule has 0 amide bonds. The second kappa shape index (κ2) is 4.01. The van der Waals surface area contributed by atoms with Crippen LogP contribution in [0.15, 0.2) is 11.4 Å². The van der Waals surface area contributed by atoms with Crippen LogP contribution >= 0.6 is 22.7 Å². The van der Waals surface area contributed by atoms with Gasteiger partial charge in [-0.2, -0.15) is 0 Å². The monoisotopic (exact) mass is 202 g/mol. The zero-order chi connectivity index (χ0) is 9.14. The van der Waals surface area contributed by atoms with E-state index >= 15 is 0 Å². The van der Waals surface area contributed by atoms with Crippen LogP contribution in [0.25, 0.3) is 9.40 Å². The van der Waals surface area contributed by atoms with Crippen molar-refractivity contribution in [2.75, 3.05) is 0 Å². The molecule has 0 aliphatic heterocycles. The highest BCUT2D eigenvalue weighted by molar-refractivity contribution is 7.37. The number of rotatable bonds is 0. The Bertz CT molecular complexity index is 359. The third-order valence-corrected chi connectivity index (χ3v) is 3.56. The lowest BCUT2D eigenvalue weighted by Gasteiger charge is -1.78. The molecule has 0 unspecified atom stereocenters. The number of thiophene rings is 2. The van der Waals surface area contributed by atoms with Crippen LogP contribution in [0.3, 0.4) is 0 Å². The standard InChI is InChI=1S/C7H5FS2.C2H6/c1-4-6(8)5-2-3-9-7(5)10-4;1-2/h2-3H,1H3;1-2H3. The molecule has 3 heteroatoms. The van der Waals surface area contributed by atoms with Gasteiger partial charge in [0.05, 0.1) is 4.01 Å². The molecular formula is C9H11FS2. The maximum Gasteiger partial charge on any atom is 0.145 e. The lowest BCUT2D eigenvalue weighted by Crippen LogP contribution is -1.66. The Morgan fingerprint density at radius 3 is 2.58 bits per heavy atom. The third-order valence-electron chi connectivity index (χ3n) is 1.42. The summed E-state index contributed by atoms with van der Waals surface area (Å²) in [7, 11) is 0. The highest BCUT2D eigenvalue weighted by Gasteiger charge is 2.07. The molecule has 0 nitrogen and oxygen atoms in total. The van der Waals surface area contributed by atoms with Gasteiger partial charge in [0.1, 0.15) is 5.82 Å². The van der Waals surface area contributed by atoms with Gasteiger partial charge in [-0.3, -0.25) is 0 Å². The number of halogens is 1. The van der Waals surface area contributed by atoms with Crippen molar-refractivity contribution < 1.29 is 4.39 Å². The van der Waals surface area contributed by atoms with Crippen LogP contribution in [0, 0.1) is 12.7 Å². The number of aryl methyl sites for hydroxylation is 1. The lowest BCUT2D eigenvalue weighted by molar-refractivity contribution is 0.636. The van der Waals surface area contributed by atoms with E-state index < -0.39 is 0 Å². The molecule has 2 aromatic rings. The topological polar surface area (TPSA) is 0 Å². The van der Waals surface area contributed by atoms with E-state index in [-0.39, 0.29) is 5.82 Å². The fourth-order valence-electron chi connectivity index (χ4n) is 0.911. The lowest BCUT2D eigenvalue weighted by atomic mass is 10.4. The normalized spacial score (nSPS) is 9.67. The second-order valence-corrected chi connectivity index (χ2v) is 4.49. The van der Waals surface area contributed by atoms with Gasteiger partial charge in [-0.25, -0.2) is 4.39 Å². The summed E-state index contributed by atoms with van der Waals surface area (Å²) in [5.74, 6) is -0.0405. The Labute approximate surface area is 79.7 Å². The zero-order valence-corrected chi connectivity index (χ0v) is 8.98. The summed E-state index contributed by atoms with van der Waals surface area (Å²) in [5, 5.41) is 2.71. The van der Waals surface area contributed by atoms with Crippen LogP contribution in [0.2, 0.25) is 0 Å². The van der Waals surface area contributed by atoms with E-state index in [4.69, 9.17) is 0 Å². The highest BCUT2D eigenvalue weighted by Crippen LogP contribution is 2.32. The van der Waals surface area contributed by atoms with E-state index in [2.05, 4.69) is 0 Å². The molecule has 2 rings (SSSR count). The summed E-state index contributed by atoms with van der Waals surface area (Å²) >= 11 is 3.13. The molecule has 0 spiro atoms. The Balaban J connectivity index is 0.000000336. The fraction of sp³-hybridized carbons (Fsp3) is 0.333. The van der Waals surface area contributed by atoms with E-state index in [1.165, 1.54) is 11.3 Å². The van der Waals surface area contributed by atoms with Gasteiger partial charge in [0.25, 0.3) is 0 Å². The van der Waals surface area contributed by atoms with Gasteiger partial charge in [-0.05, 0) is 18.4 Å². The van der Waals surface area contributed by atoms with Gasteiger partial charge in [0, 0.05) is 10.3 Å². The molecule has 0 radical (unpaired) electrons. The van der Waals surface area contributed by atoms with Crippen LogP contribution < -0.4 is 0 Å². The first-order valence-corrected chi connectivity index (χ1v) is 5.61. The molecule has 0 aromatic carbocycles. The van der Waals surface area contributed by atoms with Gasteiger partial charge in [-0.1, -0.05) is 13.8 Å². The first-order valence-electron chi connectivity index (χ1n) is 3.91. The predicted molar refractivity (Wildman–Crippen MR) is 55.7 cm³/mol. The van der Waals surface area contributed by atoms with Gasteiger partial charge >= 0.3 is 0 Å². The highest BCUT2D eigenvalue weighted by atomic mass is 32.2. The Morgan fingerprint density at radius 2 is 2.00 bits per heavy atom. The molecule has 66 valence electrons. The van der Waals surface area contributed by atoms with Gasteiger partial charge in [0.15, 0.2) is 0 Å². The first kappa shape index (κ1) is 9.68. The SMILES string of the molecule is CC.Cc1sc2sccc2c1F. The van der Waals surface area contributed by atoms with Crippen molar-refractivity contribution in [3.05, 3.63) is 22.1 Å². The van der Waals surface area contributed by atoms with Crippen molar-refractivity contribution in [2.24, 2.45) is 0 Å². The van der Waals surface area contributed by atoms with E-state index in [9.17, 15) is 4.39 Å². The van der Waals surface area contributed by atoms with Crippen molar-refractivity contribution in [1.29, 1.82) is 0 Å². The van der Waals surface area contributed by atoms with Gasteiger partial charge in [0.2, 0.25) is 0 Å². The smallest absolute Gasteiger partial charge is 0.145 e. The average Bonchev–Trinajstić information content (AvgIpc) is 2.62. The molecule has 0 saturated carbocycles. The first-order chi connectivity index (χ1) is 5.79. The number of hydrogen-bond acceptors (Lipinski definition) is 2. The molecule has 0 bridgehead atoms. The third kappa shape index (κ3) is 1.52. The molecule has 0 saturated heterocycles. The van der Waals surface area contributed by atoms with Crippen molar-refractivity contribution in [2.45, 2.75) is 20.8 Å².